The zero-order chi connectivity index (χ0) is 14.7. The molecule has 1 heterocycles. The summed E-state index contributed by atoms with van der Waals surface area (Å²) in [6.07, 6.45) is 0. The second-order valence-electron chi connectivity index (χ2n) is 4.33. The summed E-state index contributed by atoms with van der Waals surface area (Å²) in [7, 11) is 7.06. The molecule has 0 aliphatic rings. The minimum atomic E-state index is 0.197. The smallest absolute Gasteiger partial charge is 0.240 e. The lowest BCUT2D eigenvalue weighted by Crippen LogP contribution is -2.10. The summed E-state index contributed by atoms with van der Waals surface area (Å²) in [5, 5.41) is 3.90. The first-order chi connectivity index (χ1) is 9.60. The molecule has 0 aliphatic heterocycles. The van der Waals surface area contributed by atoms with Crippen LogP contribution in [0.5, 0.6) is 11.5 Å². The molecule has 1 aromatic heterocycles. The van der Waals surface area contributed by atoms with Crippen molar-refractivity contribution in [3.63, 3.8) is 0 Å². The van der Waals surface area contributed by atoms with Gasteiger partial charge in [-0.15, -0.1) is 0 Å². The van der Waals surface area contributed by atoms with Crippen LogP contribution in [0.1, 0.15) is 5.89 Å². The third-order valence-corrected chi connectivity index (χ3v) is 2.87. The van der Waals surface area contributed by atoms with Crippen molar-refractivity contribution in [2.24, 2.45) is 5.73 Å². The quantitative estimate of drug-likeness (QED) is 0.881. The van der Waals surface area contributed by atoms with Gasteiger partial charge in [0.15, 0.2) is 0 Å². The van der Waals surface area contributed by atoms with Crippen LogP contribution in [0.15, 0.2) is 16.7 Å². The van der Waals surface area contributed by atoms with E-state index in [9.17, 15) is 0 Å². The van der Waals surface area contributed by atoms with Crippen molar-refractivity contribution in [1.29, 1.82) is 0 Å². The van der Waals surface area contributed by atoms with Crippen molar-refractivity contribution < 1.29 is 14.0 Å². The van der Waals surface area contributed by atoms with Crippen LogP contribution in [0.25, 0.3) is 11.4 Å². The number of anilines is 1. The zero-order valence-corrected chi connectivity index (χ0v) is 12.0. The topological polar surface area (TPSA) is 86.6 Å². The van der Waals surface area contributed by atoms with Crippen molar-refractivity contribution in [1.82, 2.24) is 10.1 Å². The van der Waals surface area contributed by atoms with Gasteiger partial charge in [0.2, 0.25) is 11.7 Å². The first-order valence-electron chi connectivity index (χ1n) is 6.07. The van der Waals surface area contributed by atoms with Gasteiger partial charge >= 0.3 is 0 Å². The summed E-state index contributed by atoms with van der Waals surface area (Å²) in [4.78, 5) is 6.14. The number of benzene rings is 1. The van der Waals surface area contributed by atoms with Gasteiger partial charge in [-0.2, -0.15) is 4.98 Å². The lowest BCUT2D eigenvalue weighted by molar-refractivity contribution is 0.379. The van der Waals surface area contributed by atoms with Crippen LogP contribution >= 0.6 is 0 Å². The molecule has 7 heteroatoms. The van der Waals surface area contributed by atoms with Gasteiger partial charge in [0.05, 0.1) is 32.0 Å². The van der Waals surface area contributed by atoms with E-state index in [1.807, 2.05) is 31.1 Å². The first-order valence-corrected chi connectivity index (χ1v) is 6.07. The van der Waals surface area contributed by atoms with Crippen LogP contribution in [-0.2, 0) is 6.54 Å². The van der Waals surface area contributed by atoms with E-state index < -0.39 is 0 Å². The van der Waals surface area contributed by atoms with Crippen molar-refractivity contribution in [2.75, 3.05) is 33.2 Å². The standard InChI is InChI=1S/C13H18N4O3/c1-17(2)9-6-10(18-3)8(5-11(9)19-4)13-15-12(7-14)20-16-13/h5-6H,7,14H2,1-4H3. The summed E-state index contributed by atoms with van der Waals surface area (Å²) in [5.41, 5.74) is 7.06. The largest absolute Gasteiger partial charge is 0.496 e. The zero-order valence-electron chi connectivity index (χ0n) is 12.0. The Kier molecular flexibility index (Phi) is 4.09. The molecule has 108 valence electrons. The molecule has 0 amide bonds. The minimum Gasteiger partial charge on any atom is -0.496 e. The number of hydrogen-bond acceptors (Lipinski definition) is 7. The predicted octanol–water partition coefficient (Wildman–Crippen LogP) is 1.28. The van der Waals surface area contributed by atoms with Crippen molar-refractivity contribution >= 4 is 5.69 Å². The summed E-state index contributed by atoms with van der Waals surface area (Å²) < 4.78 is 15.8. The van der Waals surface area contributed by atoms with E-state index in [0.717, 1.165) is 5.69 Å². The molecule has 0 aliphatic carbocycles. The maximum Gasteiger partial charge on any atom is 0.240 e. The highest BCUT2D eigenvalue weighted by atomic mass is 16.5. The third kappa shape index (κ3) is 2.53. The molecule has 0 radical (unpaired) electrons. The number of nitrogens with zero attached hydrogens (tertiary/aromatic N) is 3. The number of rotatable bonds is 5. The summed E-state index contributed by atoms with van der Waals surface area (Å²) in [5.74, 6) is 2.13. The van der Waals surface area contributed by atoms with Gasteiger partial charge in [-0.05, 0) is 6.07 Å². The predicted molar refractivity (Wildman–Crippen MR) is 75.1 cm³/mol. The molecule has 0 atom stereocenters. The number of aromatic nitrogens is 2. The van der Waals surface area contributed by atoms with Crippen LogP contribution in [0.4, 0.5) is 5.69 Å². The first kappa shape index (κ1) is 14.1. The molecule has 7 nitrogen and oxygen atoms in total. The monoisotopic (exact) mass is 278 g/mol. The summed E-state index contributed by atoms with van der Waals surface area (Å²) in [6.45, 7) is 0.197. The average Bonchev–Trinajstić information content (AvgIpc) is 2.94. The van der Waals surface area contributed by atoms with Gasteiger partial charge in [0.25, 0.3) is 0 Å². The van der Waals surface area contributed by atoms with Crippen LogP contribution < -0.4 is 20.1 Å². The Labute approximate surface area is 117 Å². The molecule has 1 aromatic carbocycles. The van der Waals surface area contributed by atoms with Gasteiger partial charge < -0.3 is 24.6 Å². The van der Waals surface area contributed by atoms with Crippen LogP contribution in [0.3, 0.4) is 0 Å². The Morgan fingerprint density at radius 2 is 1.90 bits per heavy atom. The Morgan fingerprint density at radius 1 is 1.20 bits per heavy atom. The van der Waals surface area contributed by atoms with Gasteiger partial charge in [-0.1, -0.05) is 5.16 Å². The molecular weight excluding hydrogens is 260 g/mol. The second-order valence-corrected chi connectivity index (χ2v) is 4.33. The highest BCUT2D eigenvalue weighted by Gasteiger charge is 2.18. The number of nitrogens with two attached hydrogens (primary N) is 1. The van der Waals surface area contributed by atoms with Gasteiger partial charge in [0, 0.05) is 20.2 Å². The van der Waals surface area contributed by atoms with E-state index in [2.05, 4.69) is 10.1 Å². The fourth-order valence-corrected chi connectivity index (χ4v) is 1.85. The highest BCUT2D eigenvalue weighted by Crippen LogP contribution is 2.38. The second kappa shape index (κ2) is 5.79. The molecule has 2 N–H and O–H groups in total. The average molecular weight is 278 g/mol. The molecule has 0 spiro atoms. The van der Waals surface area contributed by atoms with E-state index >= 15 is 0 Å². The molecule has 20 heavy (non-hydrogen) atoms. The fraction of sp³-hybridized carbons (Fsp3) is 0.385. The van der Waals surface area contributed by atoms with E-state index in [4.69, 9.17) is 19.7 Å². The SMILES string of the molecule is COc1cc(N(C)C)c(OC)cc1-c1noc(CN)n1. The normalized spacial score (nSPS) is 10.4. The lowest BCUT2D eigenvalue weighted by atomic mass is 10.1. The third-order valence-electron chi connectivity index (χ3n) is 2.87. The molecule has 0 bridgehead atoms. The highest BCUT2D eigenvalue weighted by molar-refractivity contribution is 5.74. The maximum absolute atomic E-state index is 5.47. The Balaban J connectivity index is 2.57. The summed E-state index contributed by atoms with van der Waals surface area (Å²) in [6, 6.07) is 3.69. The van der Waals surface area contributed by atoms with Crippen LogP contribution in [0, 0.1) is 0 Å². The number of hydrogen-bond donors (Lipinski definition) is 1. The number of ether oxygens (including phenoxy) is 2. The molecule has 0 saturated carbocycles. The Morgan fingerprint density at radius 3 is 2.40 bits per heavy atom. The molecule has 0 fully saturated rings. The number of methoxy groups -OCH3 is 2. The van der Waals surface area contributed by atoms with Crippen molar-refractivity contribution in [3.8, 4) is 22.9 Å². The van der Waals surface area contributed by atoms with Gasteiger partial charge in [-0.3, -0.25) is 0 Å². The van der Waals surface area contributed by atoms with Gasteiger partial charge in [-0.25, -0.2) is 0 Å². The van der Waals surface area contributed by atoms with E-state index in [1.54, 1.807) is 14.2 Å². The molecule has 2 rings (SSSR count). The Hall–Kier alpha value is -2.28. The summed E-state index contributed by atoms with van der Waals surface area (Å²) >= 11 is 0. The van der Waals surface area contributed by atoms with E-state index in [1.165, 1.54) is 0 Å². The van der Waals surface area contributed by atoms with Crippen molar-refractivity contribution in [2.45, 2.75) is 6.54 Å². The molecular formula is C13H18N4O3. The molecule has 0 unspecified atom stereocenters. The van der Waals surface area contributed by atoms with Crippen LogP contribution in [-0.4, -0.2) is 38.5 Å². The lowest BCUT2D eigenvalue weighted by Gasteiger charge is -2.18. The molecule has 0 saturated heterocycles. The minimum absolute atomic E-state index is 0.197. The van der Waals surface area contributed by atoms with Gasteiger partial charge in [0.1, 0.15) is 11.5 Å². The maximum atomic E-state index is 5.47. The van der Waals surface area contributed by atoms with E-state index in [0.29, 0.717) is 28.8 Å². The van der Waals surface area contributed by atoms with E-state index in [-0.39, 0.29) is 6.54 Å². The van der Waals surface area contributed by atoms with Crippen molar-refractivity contribution in [3.05, 3.63) is 18.0 Å². The van der Waals surface area contributed by atoms with Crippen LogP contribution in [0.2, 0.25) is 0 Å². The fourth-order valence-electron chi connectivity index (χ4n) is 1.85. The molecule has 2 aromatic rings. The Bertz CT molecular complexity index is 595.